The van der Waals surface area contributed by atoms with Gasteiger partial charge in [-0.25, -0.2) is 4.98 Å². The first-order valence-electron chi connectivity index (χ1n) is 9.05. The molecule has 2 aliphatic rings. The lowest BCUT2D eigenvalue weighted by molar-refractivity contribution is 0.107. The predicted molar refractivity (Wildman–Crippen MR) is 99.4 cm³/mol. The van der Waals surface area contributed by atoms with Crippen LogP contribution in [0.5, 0.6) is 5.88 Å². The van der Waals surface area contributed by atoms with Crippen molar-refractivity contribution in [3.05, 3.63) is 16.9 Å². The lowest BCUT2D eigenvalue weighted by atomic mass is 9.93. The molecule has 0 spiro atoms. The standard InChI is InChI=1S/C17H23ClN6O2/c1-10-14-16(23-24(10)11-3-5-12(25)6-4-11)26-8-2-7-19-15-13(18)9-20-17(21-14)22-15/h9,11-12,25H,2-8H2,1H3,(H2,19,20,21,22). The van der Waals surface area contributed by atoms with Gasteiger partial charge in [0.05, 0.1) is 30.6 Å². The Labute approximate surface area is 156 Å². The molecule has 0 radical (unpaired) electrons. The highest BCUT2D eigenvalue weighted by Crippen LogP contribution is 2.36. The zero-order valence-electron chi connectivity index (χ0n) is 14.7. The summed E-state index contributed by atoms with van der Waals surface area (Å²) < 4.78 is 7.95. The van der Waals surface area contributed by atoms with Gasteiger partial charge in [0, 0.05) is 6.54 Å². The van der Waals surface area contributed by atoms with Crippen molar-refractivity contribution in [3.63, 3.8) is 0 Å². The number of fused-ring (bicyclic) bond motifs is 3. The lowest BCUT2D eigenvalue weighted by Crippen LogP contribution is -2.22. The average Bonchev–Trinajstić information content (AvgIpc) is 2.92. The monoisotopic (exact) mass is 378 g/mol. The number of anilines is 3. The van der Waals surface area contributed by atoms with Gasteiger partial charge in [0.1, 0.15) is 10.7 Å². The molecule has 9 heteroatoms. The SMILES string of the molecule is Cc1c2c(nn1C1CCC(O)CC1)OCCCNc1nc(ncc1Cl)N2. The molecule has 140 valence electrons. The summed E-state index contributed by atoms with van der Waals surface area (Å²) in [5.41, 5.74) is 1.76. The van der Waals surface area contributed by atoms with Gasteiger partial charge in [-0.1, -0.05) is 11.6 Å². The molecule has 0 atom stereocenters. The molecule has 4 rings (SSSR count). The molecule has 2 aromatic rings. The second kappa shape index (κ2) is 7.28. The van der Waals surface area contributed by atoms with Gasteiger partial charge in [-0.05, 0) is 39.0 Å². The third kappa shape index (κ3) is 3.43. The number of nitrogens with zero attached hydrogens (tertiary/aromatic N) is 4. The smallest absolute Gasteiger partial charge is 0.257 e. The molecule has 1 fully saturated rings. The van der Waals surface area contributed by atoms with E-state index in [9.17, 15) is 5.11 Å². The third-order valence-electron chi connectivity index (χ3n) is 4.96. The van der Waals surface area contributed by atoms with E-state index in [0.29, 0.717) is 35.8 Å². The Morgan fingerprint density at radius 1 is 1.31 bits per heavy atom. The second-order valence-corrected chi connectivity index (χ2v) is 7.22. The molecule has 2 bridgehead atoms. The van der Waals surface area contributed by atoms with Crippen molar-refractivity contribution in [2.75, 3.05) is 23.8 Å². The van der Waals surface area contributed by atoms with Crippen LogP contribution in [-0.4, -0.2) is 44.1 Å². The van der Waals surface area contributed by atoms with E-state index in [4.69, 9.17) is 21.4 Å². The van der Waals surface area contributed by atoms with Crippen molar-refractivity contribution < 1.29 is 9.84 Å². The van der Waals surface area contributed by atoms with Crippen LogP contribution in [0.3, 0.4) is 0 Å². The molecule has 2 aromatic heterocycles. The summed E-state index contributed by atoms with van der Waals surface area (Å²) in [4.78, 5) is 8.72. The molecule has 3 heterocycles. The average molecular weight is 379 g/mol. The molecule has 0 unspecified atom stereocenters. The van der Waals surface area contributed by atoms with Crippen molar-refractivity contribution >= 4 is 29.1 Å². The van der Waals surface area contributed by atoms with E-state index in [2.05, 4.69) is 20.6 Å². The van der Waals surface area contributed by atoms with E-state index in [1.165, 1.54) is 0 Å². The van der Waals surface area contributed by atoms with E-state index in [1.807, 2.05) is 11.6 Å². The van der Waals surface area contributed by atoms with Crippen molar-refractivity contribution in [2.45, 2.75) is 51.2 Å². The molecule has 0 amide bonds. The molecule has 0 saturated heterocycles. The van der Waals surface area contributed by atoms with E-state index < -0.39 is 0 Å². The van der Waals surface area contributed by atoms with Crippen LogP contribution in [0.25, 0.3) is 0 Å². The number of aliphatic hydroxyl groups is 1. The fourth-order valence-corrected chi connectivity index (χ4v) is 3.66. The first kappa shape index (κ1) is 17.4. The molecule has 3 N–H and O–H groups in total. The normalized spacial score (nSPS) is 23.0. The number of hydrogen-bond donors (Lipinski definition) is 3. The van der Waals surface area contributed by atoms with Crippen LogP contribution in [0.15, 0.2) is 6.20 Å². The van der Waals surface area contributed by atoms with Gasteiger partial charge >= 0.3 is 0 Å². The lowest BCUT2D eigenvalue weighted by Gasteiger charge is -2.26. The van der Waals surface area contributed by atoms with E-state index in [1.54, 1.807) is 6.20 Å². The topological polar surface area (TPSA) is 97.1 Å². The minimum Gasteiger partial charge on any atom is -0.475 e. The summed E-state index contributed by atoms with van der Waals surface area (Å²) in [5, 5.41) is 21.4. The number of halogens is 1. The summed E-state index contributed by atoms with van der Waals surface area (Å²) in [6.07, 6.45) is 5.62. The van der Waals surface area contributed by atoms with E-state index >= 15 is 0 Å². The highest BCUT2D eigenvalue weighted by atomic mass is 35.5. The predicted octanol–water partition coefficient (Wildman–Crippen LogP) is 3.05. The first-order valence-corrected chi connectivity index (χ1v) is 9.43. The largest absolute Gasteiger partial charge is 0.475 e. The van der Waals surface area contributed by atoms with Gasteiger partial charge in [0.25, 0.3) is 5.88 Å². The Hall–Kier alpha value is -2.06. The highest BCUT2D eigenvalue weighted by molar-refractivity contribution is 6.32. The Balaban J connectivity index is 1.68. The van der Waals surface area contributed by atoms with E-state index in [0.717, 1.165) is 43.5 Å². The van der Waals surface area contributed by atoms with Gasteiger partial charge in [-0.3, -0.25) is 4.68 Å². The summed E-state index contributed by atoms with van der Waals surface area (Å²) in [5.74, 6) is 1.62. The zero-order valence-corrected chi connectivity index (χ0v) is 15.5. The number of aliphatic hydroxyl groups excluding tert-OH is 1. The first-order chi connectivity index (χ1) is 12.6. The van der Waals surface area contributed by atoms with Crippen LogP contribution >= 0.6 is 11.6 Å². The maximum atomic E-state index is 9.77. The minimum absolute atomic E-state index is 0.193. The molecule has 0 aromatic carbocycles. The summed E-state index contributed by atoms with van der Waals surface area (Å²) in [7, 11) is 0. The van der Waals surface area contributed by atoms with Crippen LogP contribution in [0, 0.1) is 6.92 Å². The minimum atomic E-state index is -0.193. The van der Waals surface area contributed by atoms with Gasteiger partial charge in [-0.15, -0.1) is 5.10 Å². The number of nitrogens with one attached hydrogen (secondary N) is 2. The number of rotatable bonds is 1. The van der Waals surface area contributed by atoms with Crippen LogP contribution in [-0.2, 0) is 0 Å². The fraction of sp³-hybridized carbons (Fsp3) is 0.588. The van der Waals surface area contributed by atoms with Gasteiger partial charge in [0.15, 0.2) is 5.82 Å². The van der Waals surface area contributed by atoms with Crippen LogP contribution in [0.1, 0.15) is 43.8 Å². The maximum Gasteiger partial charge on any atom is 0.257 e. The van der Waals surface area contributed by atoms with Crippen molar-refractivity contribution in [1.82, 2.24) is 19.7 Å². The summed E-state index contributed by atoms with van der Waals surface area (Å²) in [6, 6.07) is 0.271. The summed E-state index contributed by atoms with van der Waals surface area (Å²) >= 11 is 6.16. The second-order valence-electron chi connectivity index (χ2n) is 6.82. The Kier molecular flexibility index (Phi) is 4.86. The fourth-order valence-electron chi connectivity index (χ4n) is 3.51. The van der Waals surface area contributed by atoms with E-state index in [-0.39, 0.29) is 12.1 Å². The van der Waals surface area contributed by atoms with Crippen molar-refractivity contribution in [3.8, 4) is 5.88 Å². The van der Waals surface area contributed by atoms with Crippen molar-refractivity contribution in [2.24, 2.45) is 0 Å². The van der Waals surface area contributed by atoms with Gasteiger partial charge in [-0.2, -0.15) is 4.98 Å². The van der Waals surface area contributed by atoms with Crippen LogP contribution < -0.4 is 15.4 Å². The molecule has 1 aliphatic heterocycles. The van der Waals surface area contributed by atoms with Gasteiger partial charge < -0.3 is 20.5 Å². The Bertz CT molecular complexity index is 788. The maximum absolute atomic E-state index is 9.77. The van der Waals surface area contributed by atoms with Gasteiger partial charge in [0.2, 0.25) is 5.95 Å². The summed E-state index contributed by atoms with van der Waals surface area (Å²) in [6.45, 7) is 3.26. The Morgan fingerprint density at radius 3 is 2.92 bits per heavy atom. The molecular weight excluding hydrogens is 356 g/mol. The number of hydrogen-bond acceptors (Lipinski definition) is 7. The quantitative estimate of drug-likeness (QED) is 0.701. The highest BCUT2D eigenvalue weighted by Gasteiger charge is 2.26. The molecule has 1 saturated carbocycles. The van der Waals surface area contributed by atoms with Crippen LogP contribution in [0.4, 0.5) is 17.5 Å². The molecular formula is C17H23ClN6O2. The molecule has 26 heavy (non-hydrogen) atoms. The van der Waals surface area contributed by atoms with Crippen molar-refractivity contribution in [1.29, 1.82) is 0 Å². The Morgan fingerprint density at radius 2 is 2.12 bits per heavy atom. The third-order valence-corrected chi connectivity index (χ3v) is 5.24. The molecule has 8 nitrogen and oxygen atoms in total. The zero-order chi connectivity index (χ0) is 18.1. The number of ether oxygens (including phenoxy) is 1. The molecule has 1 aliphatic carbocycles. The van der Waals surface area contributed by atoms with Crippen LogP contribution in [0.2, 0.25) is 5.02 Å². The number of aromatic nitrogens is 4.